The maximum absolute atomic E-state index is 12.9. The molecule has 0 aliphatic heterocycles. The second-order valence-corrected chi connectivity index (χ2v) is 8.89. The number of Topliss-reactive ketones (excluding diaryl/α,β-unsaturated/α-hetero) is 2. The zero-order chi connectivity index (χ0) is 26.6. The van der Waals surface area contributed by atoms with Gasteiger partial charge in [0.2, 0.25) is 0 Å². The van der Waals surface area contributed by atoms with Gasteiger partial charge in [-0.3, -0.25) is 9.59 Å². The third-order valence-electron chi connectivity index (χ3n) is 5.83. The molecule has 4 aromatic rings. The summed E-state index contributed by atoms with van der Waals surface area (Å²) in [5.41, 5.74) is 3.88. The van der Waals surface area contributed by atoms with Gasteiger partial charge >= 0.3 is 0 Å². The van der Waals surface area contributed by atoms with Crippen LogP contribution in [-0.4, -0.2) is 22.8 Å². The van der Waals surface area contributed by atoms with Gasteiger partial charge in [-0.05, 0) is 37.0 Å². The highest BCUT2D eigenvalue weighted by Crippen LogP contribution is 2.26. The third kappa shape index (κ3) is 7.81. The van der Waals surface area contributed by atoms with Crippen LogP contribution in [0.2, 0.25) is 0 Å². The Morgan fingerprint density at radius 2 is 1.16 bits per heavy atom. The second kappa shape index (κ2) is 14.0. The van der Waals surface area contributed by atoms with E-state index in [0.29, 0.717) is 11.1 Å². The number of benzene rings is 4. The molecule has 0 aliphatic carbocycles. The Kier molecular flexibility index (Phi) is 10.5. The molecule has 0 amide bonds. The maximum Gasteiger partial charge on any atom is 0.196 e. The van der Waals surface area contributed by atoms with Crippen LogP contribution in [0.3, 0.4) is 0 Å². The molecule has 0 heterocycles. The highest BCUT2D eigenvalue weighted by atomic mass is 16.5. The van der Waals surface area contributed by atoms with E-state index in [9.17, 15) is 14.7 Å². The summed E-state index contributed by atoms with van der Waals surface area (Å²) in [6.07, 6.45) is -0.791. The van der Waals surface area contributed by atoms with Crippen molar-refractivity contribution in [2.45, 2.75) is 45.5 Å². The first-order valence-corrected chi connectivity index (χ1v) is 12.6. The van der Waals surface area contributed by atoms with Gasteiger partial charge in [0, 0.05) is 11.1 Å². The molecule has 0 bridgehead atoms. The summed E-state index contributed by atoms with van der Waals surface area (Å²) in [5, 5.41) is 9.89. The first-order chi connectivity index (χ1) is 17.9. The van der Waals surface area contributed by atoms with E-state index >= 15 is 0 Å². The molecule has 0 fully saturated rings. The van der Waals surface area contributed by atoms with Gasteiger partial charge in [0.15, 0.2) is 11.6 Å². The Hall–Kier alpha value is -3.86. The van der Waals surface area contributed by atoms with E-state index in [1.54, 1.807) is 48.5 Å². The van der Waals surface area contributed by atoms with Gasteiger partial charge in [-0.1, -0.05) is 122 Å². The number of carbonyl (C=O) groups is 2. The Morgan fingerprint density at radius 3 is 1.70 bits per heavy atom. The van der Waals surface area contributed by atoms with Crippen molar-refractivity contribution in [3.05, 3.63) is 143 Å². The van der Waals surface area contributed by atoms with Crippen LogP contribution >= 0.6 is 0 Å². The Balaban J connectivity index is 0.000000213. The molecule has 4 heteroatoms. The number of rotatable bonds is 9. The number of aryl methyl sites for hydroxylation is 1. The molecule has 0 aromatic heterocycles. The van der Waals surface area contributed by atoms with Gasteiger partial charge in [0.25, 0.3) is 0 Å². The highest BCUT2D eigenvalue weighted by molar-refractivity contribution is 6.01. The molecule has 37 heavy (non-hydrogen) atoms. The van der Waals surface area contributed by atoms with Gasteiger partial charge < -0.3 is 9.84 Å². The number of hydrogen-bond acceptors (Lipinski definition) is 4. The summed E-state index contributed by atoms with van der Waals surface area (Å²) in [6.45, 7) is 5.97. The third-order valence-corrected chi connectivity index (χ3v) is 5.83. The summed E-state index contributed by atoms with van der Waals surface area (Å²) < 4.78 is 5.90. The average Bonchev–Trinajstić information content (AvgIpc) is 2.96. The zero-order valence-electron chi connectivity index (χ0n) is 21.6. The van der Waals surface area contributed by atoms with Crippen molar-refractivity contribution in [3.63, 3.8) is 0 Å². The normalized spacial score (nSPS) is 12.2. The van der Waals surface area contributed by atoms with Crippen molar-refractivity contribution in [2.75, 3.05) is 0 Å². The molecule has 4 aromatic carbocycles. The van der Waals surface area contributed by atoms with E-state index < -0.39 is 12.2 Å². The average molecular weight is 495 g/mol. The van der Waals surface area contributed by atoms with E-state index in [-0.39, 0.29) is 17.7 Å². The van der Waals surface area contributed by atoms with E-state index in [1.165, 1.54) is 0 Å². The molecular weight excluding hydrogens is 460 g/mol. The lowest BCUT2D eigenvalue weighted by Gasteiger charge is -2.21. The SMILES string of the molecule is CCc1ccccc1C(=O)C(OC(C)C)c1ccccc1.O=C(c1ccccc1)C(O)c1ccccc1. The minimum atomic E-state index is -1.08. The van der Waals surface area contributed by atoms with Crippen LogP contribution in [0.15, 0.2) is 115 Å². The standard InChI is InChI=1S/C19H22O2.C14H12O2/c1-4-15-10-8-9-13-17(15)18(20)19(21-14(2)3)16-11-6-5-7-12-16;15-13(11-7-3-1-4-8-11)14(16)12-9-5-2-6-10-12/h5-14,19H,4H2,1-3H3;1-10,13,15H. The quantitative estimate of drug-likeness (QED) is 0.250. The lowest BCUT2D eigenvalue weighted by Crippen LogP contribution is -2.21. The van der Waals surface area contributed by atoms with E-state index in [2.05, 4.69) is 6.92 Å². The fraction of sp³-hybridized carbons (Fsp3) is 0.212. The monoisotopic (exact) mass is 494 g/mol. The molecule has 0 saturated heterocycles. The van der Waals surface area contributed by atoms with Crippen molar-refractivity contribution >= 4 is 11.6 Å². The van der Waals surface area contributed by atoms with Crippen molar-refractivity contribution in [3.8, 4) is 0 Å². The molecule has 1 N–H and O–H groups in total. The number of ketones is 2. The molecule has 0 radical (unpaired) electrons. The summed E-state index contributed by atoms with van der Waals surface area (Å²) in [4.78, 5) is 24.8. The van der Waals surface area contributed by atoms with Gasteiger partial charge in [-0.25, -0.2) is 0 Å². The number of aliphatic hydroxyl groups is 1. The number of hydrogen-bond donors (Lipinski definition) is 1. The van der Waals surface area contributed by atoms with Crippen molar-refractivity contribution in [1.29, 1.82) is 0 Å². The number of carbonyl (C=O) groups excluding carboxylic acids is 2. The minimum absolute atomic E-state index is 0.00653. The first kappa shape index (κ1) is 27.7. The number of ether oxygens (including phenoxy) is 1. The minimum Gasteiger partial charge on any atom is -0.380 e. The molecule has 2 unspecified atom stereocenters. The molecular formula is C33H34O4. The van der Waals surface area contributed by atoms with Gasteiger partial charge in [-0.2, -0.15) is 0 Å². The van der Waals surface area contributed by atoms with Crippen molar-refractivity contribution in [1.82, 2.24) is 0 Å². The van der Waals surface area contributed by atoms with Gasteiger partial charge in [-0.15, -0.1) is 0 Å². The first-order valence-electron chi connectivity index (χ1n) is 12.6. The molecule has 2 atom stereocenters. The Morgan fingerprint density at radius 1 is 0.676 bits per heavy atom. The van der Waals surface area contributed by atoms with Crippen LogP contribution in [0.25, 0.3) is 0 Å². The lowest BCUT2D eigenvalue weighted by atomic mass is 9.95. The smallest absolute Gasteiger partial charge is 0.196 e. The van der Waals surface area contributed by atoms with Crippen LogP contribution < -0.4 is 0 Å². The van der Waals surface area contributed by atoms with Crippen LogP contribution in [0.4, 0.5) is 0 Å². The molecule has 0 saturated carbocycles. The topological polar surface area (TPSA) is 63.6 Å². The van der Waals surface area contributed by atoms with Crippen LogP contribution in [-0.2, 0) is 11.2 Å². The molecule has 190 valence electrons. The highest BCUT2D eigenvalue weighted by Gasteiger charge is 2.25. The molecule has 0 spiro atoms. The molecule has 4 rings (SSSR count). The lowest BCUT2D eigenvalue weighted by molar-refractivity contribution is 0.0113. The van der Waals surface area contributed by atoms with Crippen molar-refractivity contribution in [2.24, 2.45) is 0 Å². The van der Waals surface area contributed by atoms with Crippen LogP contribution in [0, 0.1) is 0 Å². The summed E-state index contributed by atoms with van der Waals surface area (Å²) in [7, 11) is 0. The van der Waals surface area contributed by atoms with Crippen LogP contribution in [0.5, 0.6) is 0 Å². The van der Waals surface area contributed by atoms with E-state index in [0.717, 1.165) is 23.1 Å². The summed E-state index contributed by atoms with van der Waals surface area (Å²) in [6, 6.07) is 35.2. The van der Waals surface area contributed by atoms with Crippen LogP contribution in [0.1, 0.15) is 70.4 Å². The largest absolute Gasteiger partial charge is 0.380 e. The Labute approximate surface area is 219 Å². The van der Waals surface area contributed by atoms with Gasteiger partial charge in [0.1, 0.15) is 12.2 Å². The molecule has 4 nitrogen and oxygen atoms in total. The molecule has 0 aliphatic rings. The summed E-state index contributed by atoms with van der Waals surface area (Å²) in [5.74, 6) is -0.237. The van der Waals surface area contributed by atoms with E-state index in [4.69, 9.17) is 4.74 Å². The zero-order valence-corrected chi connectivity index (χ0v) is 21.6. The second-order valence-electron chi connectivity index (χ2n) is 8.89. The fourth-order valence-corrected chi connectivity index (χ4v) is 3.95. The maximum atomic E-state index is 12.9. The van der Waals surface area contributed by atoms with Crippen molar-refractivity contribution < 1.29 is 19.4 Å². The van der Waals surface area contributed by atoms with E-state index in [1.807, 2.05) is 80.6 Å². The Bertz CT molecular complexity index is 1250. The summed E-state index contributed by atoms with van der Waals surface area (Å²) >= 11 is 0. The predicted molar refractivity (Wildman–Crippen MR) is 148 cm³/mol. The predicted octanol–water partition coefficient (Wildman–Crippen LogP) is 7.20. The van der Waals surface area contributed by atoms with Gasteiger partial charge in [0.05, 0.1) is 6.10 Å². The fourth-order valence-electron chi connectivity index (χ4n) is 3.95. The number of aliphatic hydroxyl groups excluding tert-OH is 1.